The maximum absolute atomic E-state index is 12.9. The van der Waals surface area contributed by atoms with Gasteiger partial charge in [0.1, 0.15) is 5.78 Å². The second-order valence-electron chi connectivity index (χ2n) is 5.88. The lowest BCUT2D eigenvalue weighted by Crippen LogP contribution is -2.44. The van der Waals surface area contributed by atoms with Crippen LogP contribution in [-0.4, -0.2) is 30.1 Å². The first-order valence-electron chi connectivity index (χ1n) is 7.12. The molecule has 0 radical (unpaired) electrons. The van der Waals surface area contributed by atoms with Gasteiger partial charge in [0.15, 0.2) is 0 Å². The monoisotopic (exact) mass is 307 g/mol. The summed E-state index contributed by atoms with van der Waals surface area (Å²) in [5.41, 5.74) is 0. The Hall–Kier alpha value is 0.460. The fourth-order valence-corrected chi connectivity index (χ4v) is 7.32. The third-order valence-corrected chi connectivity index (χ3v) is 8.83. The number of hydrogen-bond donors (Lipinski definition) is 1. The highest BCUT2D eigenvalue weighted by Crippen LogP contribution is 2.64. The molecule has 1 spiro atoms. The van der Waals surface area contributed by atoms with Crippen molar-refractivity contribution in [2.45, 2.75) is 61.9 Å². The van der Waals surface area contributed by atoms with Crippen molar-refractivity contribution in [3.63, 3.8) is 0 Å². The molecule has 0 amide bonds. The van der Waals surface area contributed by atoms with Crippen LogP contribution in [0.5, 0.6) is 0 Å². The van der Waals surface area contributed by atoms with Gasteiger partial charge in [-0.25, -0.2) is 0 Å². The summed E-state index contributed by atoms with van der Waals surface area (Å²) in [5.74, 6) is 0.337. The van der Waals surface area contributed by atoms with Crippen molar-refractivity contribution in [3.05, 3.63) is 0 Å². The molecule has 0 unspecified atom stereocenters. The van der Waals surface area contributed by atoms with Crippen LogP contribution in [0.1, 0.15) is 46.0 Å². The summed E-state index contributed by atoms with van der Waals surface area (Å²) in [6, 6.07) is 0. The molecule has 1 aliphatic carbocycles. The van der Waals surface area contributed by atoms with E-state index in [2.05, 4.69) is 19.2 Å². The maximum Gasteiger partial charge on any atom is 0.348 e. The summed E-state index contributed by atoms with van der Waals surface area (Å²) < 4.78 is 23.5. The van der Waals surface area contributed by atoms with Gasteiger partial charge in [0.2, 0.25) is 0 Å². The van der Waals surface area contributed by atoms with Gasteiger partial charge in [-0.15, -0.1) is 11.8 Å². The highest BCUT2D eigenvalue weighted by molar-refractivity contribution is 8.02. The Bertz CT molecular complexity index is 350. The summed E-state index contributed by atoms with van der Waals surface area (Å²) in [4.78, 5) is 0. The molecule has 0 bridgehead atoms. The quantitative estimate of drug-likeness (QED) is 0.800. The predicted molar refractivity (Wildman–Crippen MR) is 80.6 cm³/mol. The lowest BCUT2D eigenvalue weighted by atomic mass is 9.88. The van der Waals surface area contributed by atoms with Crippen molar-refractivity contribution in [1.29, 1.82) is 0 Å². The van der Waals surface area contributed by atoms with Gasteiger partial charge in [-0.3, -0.25) is 9.88 Å². The second-order valence-corrected chi connectivity index (χ2v) is 9.77. The Morgan fingerprint density at radius 3 is 2.26 bits per heavy atom. The van der Waals surface area contributed by atoms with Gasteiger partial charge < -0.3 is 9.05 Å². The van der Waals surface area contributed by atoms with E-state index in [9.17, 15) is 4.57 Å². The van der Waals surface area contributed by atoms with Crippen LogP contribution in [0.3, 0.4) is 0 Å². The zero-order chi connectivity index (χ0) is 14.1. The Morgan fingerprint density at radius 1 is 1.21 bits per heavy atom. The SMILES string of the molecule is COP(=O)(OC)[C@@H]1N[C@@H](C(C)C)SC12CCCCC2. The molecule has 4 nitrogen and oxygen atoms in total. The molecule has 1 saturated carbocycles. The van der Waals surface area contributed by atoms with Crippen LogP contribution in [-0.2, 0) is 13.6 Å². The summed E-state index contributed by atoms with van der Waals surface area (Å²) in [6.07, 6.45) is 5.92. The number of hydrogen-bond acceptors (Lipinski definition) is 5. The summed E-state index contributed by atoms with van der Waals surface area (Å²) in [5, 5.41) is 3.88. The Kier molecular flexibility index (Phi) is 5.06. The van der Waals surface area contributed by atoms with Crippen LogP contribution in [0.2, 0.25) is 0 Å². The molecule has 2 rings (SSSR count). The minimum absolute atomic E-state index is 0.0226. The first-order valence-corrected chi connectivity index (χ1v) is 9.61. The van der Waals surface area contributed by atoms with Crippen molar-refractivity contribution in [2.75, 3.05) is 14.2 Å². The van der Waals surface area contributed by atoms with Gasteiger partial charge >= 0.3 is 7.60 Å². The van der Waals surface area contributed by atoms with E-state index in [0.717, 1.165) is 12.8 Å². The van der Waals surface area contributed by atoms with Crippen LogP contribution in [0.4, 0.5) is 0 Å². The van der Waals surface area contributed by atoms with Gasteiger partial charge in [0, 0.05) is 19.0 Å². The first-order chi connectivity index (χ1) is 8.97. The Morgan fingerprint density at radius 2 is 1.79 bits per heavy atom. The van der Waals surface area contributed by atoms with Gasteiger partial charge in [0.25, 0.3) is 0 Å². The third-order valence-electron chi connectivity index (χ3n) is 4.31. The van der Waals surface area contributed by atoms with E-state index >= 15 is 0 Å². The number of thioether (sulfide) groups is 1. The van der Waals surface area contributed by atoms with E-state index in [4.69, 9.17) is 9.05 Å². The summed E-state index contributed by atoms with van der Waals surface area (Å²) >= 11 is 1.96. The molecule has 19 heavy (non-hydrogen) atoms. The van der Waals surface area contributed by atoms with Crippen LogP contribution >= 0.6 is 19.4 Å². The minimum atomic E-state index is -3.07. The molecule has 0 aromatic carbocycles. The molecule has 2 fully saturated rings. The normalized spacial score (nSPS) is 31.2. The van der Waals surface area contributed by atoms with Crippen LogP contribution in [0.15, 0.2) is 0 Å². The standard InChI is InChI=1S/C13H26NO3PS/c1-10(2)11-14-12(18(15,16-3)17-4)13(19-11)8-6-5-7-9-13/h10-12,14H,5-9H2,1-4H3/t11-,12+/m1/s1. The van der Waals surface area contributed by atoms with Crippen LogP contribution < -0.4 is 5.32 Å². The molecule has 6 heteroatoms. The van der Waals surface area contributed by atoms with E-state index in [0.29, 0.717) is 11.3 Å². The molecule has 112 valence electrons. The lowest BCUT2D eigenvalue weighted by Gasteiger charge is -2.39. The molecular weight excluding hydrogens is 281 g/mol. The van der Waals surface area contributed by atoms with E-state index in [1.165, 1.54) is 33.5 Å². The van der Waals surface area contributed by atoms with Crippen molar-refractivity contribution in [3.8, 4) is 0 Å². The van der Waals surface area contributed by atoms with Gasteiger partial charge in [0.05, 0.1) is 5.37 Å². The van der Waals surface area contributed by atoms with Crippen molar-refractivity contribution < 1.29 is 13.6 Å². The molecule has 1 heterocycles. The molecule has 2 aliphatic rings. The van der Waals surface area contributed by atoms with E-state index in [1.54, 1.807) is 0 Å². The molecule has 1 saturated heterocycles. The third kappa shape index (κ3) is 2.91. The lowest BCUT2D eigenvalue weighted by molar-refractivity contribution is 0.239. The molecular formula is C13H26NO3PS. The Labute approximate surface area is 120 Å². The van der Waals surface area contributed by atoms with Crippen molar-refractivity contribution in [1.82, 2.24) is 5.32 Å². The van der Waals surface area contributed by atoms with Gasteiger partial charge in [-0.05, 0) is 18.8 Å². The van der Waals surface area contributed by atoms with Gasteiger partial charge in [-0.1, -0.05) is 33.1 Å². The van der Waals surface area contributed by atoms with Crippen molar-refractivity contribution >= 4 is 19.4 Å². The topological polar surface area (TPSA) is 47.6 Å². The number of rotatable bonds is 4. The van der Waals surface area contributed by atoms with Crippen LogP contribution in [0, 0.1) is 5.92 Å². The molecule has 1 N–H and O–H groups in total. The van der Waals surface area contributed by atoms with E-state index in [1.807, 2.05) is 11.8 Å². The molecule has 0 aromatic heterocycles. The smallest absolute Gasteiger partial charge is 0.311 e. The largest absolute Gasteiger partial charge is 0.348 e. The van der Waals surface area contributed by atoms with Crippen molar-refractivity contribution in [2.24, 2.45) is 5.92 Å². The average Bonchev–Trinajstić information content (AvgIpc) is 2.79. The fraction of sp³-hybridized carbons (Fsp3) is 1.00. The van der Waals surface area contributed by atoms with E-state index < -0.39 is 7.60 Å². The first kappa shape index (κ1) is 15.8. The highest BCUT2D eigenvalue weighted by atomic mass is 32.2. The fourth-order valence-electron chi connectivity index (χ4n) is 3.19. The second kappa shape index (κ2) is 6.07. The Balaban J connectivity index is 2.29. The molecule has 1 aliphatic heterocycles. The number of nitrogens with one attached hydrogen (secondary N) is 1. The molecule has 2 atom stereocenters. The van der Waals surface area contributed by atoms with E-state index in [-0.39, 0.29) is 10.5 Å². The van der Waals surface area contributed by atoms with Crippen LogP contribution in [0.25, 0.3) is 0 Å². The maximum atomic E-state index is 12.9. The highest BCUT2D eigenvalue weighted by Gasteiger charge is 2.57. The zero-order valence-corrected chi connectivity index (χ0v) is 14.1. The predicted octanol–water partition coefficient (Wildman–Crippen LogP) is 3.82. The minimum Gasteiger partial charge on any atom is -0.311 e. The summed E-state index contributed by atoms with van der Waals surface area (Å²) in [6.45, 7) is 4.40. The average molecular weight is 307 g/mol. The van der Waals surface area contributed by atoms with Gasteiger partial charge in [-0.2, -0.15) is 0 Å². The zero-order valence-electron chi connectivity index (χ0n) is 12.3. The summed E-state index contributed by atoms with van der Waals surface area (Å²) in [7, 11) is -0.0799. The molecule has 0 aromatic rings.